The van der Waals surface area contributed by atoms with Crippen molar-refractivity contribution < 1.29 is 0 Å². The molecule has 0 amide bonds. The SMILES string of the molecule is Nc1n[nH]c2nc(-c3ccc(Cl)s3)cc(=O)n12. The maximum Gasteiger partial charge on any atom is 0.262 e. The van der Waals surface area contributed by atoms with E-state index >= 15 is 0 Å². The van der Waals surface area contributed by atoms with Crippen molar-refractivity contribution in [2.45, 2.75) is 0 Å². The monoisotopic (exact) mass is 267 g/mol. The van der Waals surface area contributed by atoms with Gasteiger partial charge in [0.15, 0.2) is 0 Å². The number of halogens is 1. The van der Waals surface area contributed by atoms with E-state index < -0.39 is 0 Å². The molecule has 3 heterocycles. The summed E-state index contributed by atoms with van der Waals surface area (Å²) in [6, 6.07) is 4.97. The minimum atomic E-state index is -0.277. The first kappa shape index (κ1) is 10.3. The van der Waals surface area contributed by atoms with Gasteiger partial charge in [-0.2, -0.15) is 0 Å². The van der Waals surface area contributed by atoms with Gasteiger partial charge in [0, 0.05) is 6.07 Å². The first-order chi connectivity index (χ1) is 8.15. The lowest BCUT2D eigenvalue weighted by molar-refractivity contribution is 1.07. The van der Waals surface area contributed by atoms with Crippen molar-refractivity contribution in [3.8, 4) is 10.6 Å². The second kappa shape index (κ2) is 3.57. The van der Waals surface area contributed by atoms with E-state index in [-0.39, 0.29) is 11.5 Å². The Morgan fingerprint density at radius 1 is 1.47 bits per heavy atom. The maximum atomic E-state index is 11.8. The third-order valence-electron chi connectivity index (χ3n) is 2.24. The molecular weight excluding hydrogens is 262 g/mol. The highest BCUT2D eigenvalue weighted by molar-refractivity contribution is 7.19. The molecular formula is C9H6ClN5OS. The second-order valence-corrected chi connectivity index (χ2v) is 5.04. The van der Waals surface area contributed by atoms with Gasteiger partial charge in [-0.1, -0.05) is 11.6 Å². The molecule has 0 atom stereocenters. The number of aromatic nitrogens is 4. The van der Waals surface area contributed by atoms with E-state index in [1.54, 1.807) is 6.07 Å². The van der Waals surface area contributed by atoms with E-state index in [0.717, 1.165) is 4.88 Å². The number of rotatable bonds is 1. The van der Waals surface area contributed by atoms with Gasteiger partial charge in [0.2, 0.25) is 11.7 Å². The first-order valence-corrected chi connectivity index (χ1v) is 5.84. The third-order valence-corrected chi connectivity index (χ3v) is 3.50. The molecule has 0 aromatic carbocycles. The lowest BCUT2D eigenvalue weighted by Gasteiger charge is -1.97. The number of nitrogen functional groups attached to an aromatic ring is 1. The zero-order valence-electron chi connectivity index (χ0n) is 8.35. The molecule has 3 aromatic rings. The van der Waals surface area contributed by atoms with Crippen molar-refractivity contribution in [1.29, 1.82) is 0 Å². The molecule has 0 spiro atoms. The van der Waals surface area contributed by atoms with Crippen molar-refractivity contribution in [2.75, 3.05) is 5.73 Å². The molecule has 0 aliphatic rings. The Bertz CT molecular complexity index is 758. The highest BCUT2D eigenvalue weighted by Gasteiger charge is 2.10. The van der Waals surface area contributed by atoms with Gasteiger partial charge in [0.05, 0.1) is 14.9 Å². The van der Waals surface area contributed by atoms with Gasteiger partial charge >= 0.3 is 0 Å². The predicted octanol–water partition coefficient (Wildman–Crippen LogP) is 1.38. The fourth-order valence-corrected chi connectivity index (χ4v) is 2.52. The maximum absolute atomic E-state index is 11.8. The summed E-state index contributed by atoms with van der Waals surface area (Å²) >= 11 is 7.19. The largest absolute Gasteiger partial charge is 0.368 e. The number of H-pyrrole nitrogens is 1. The van der Waals surface area contributed by atoms with Gasteiger partial charge < -0.3 is 5.73 Å². The molecule has 0 saturated heterocycles. The van der Waals surface area contributed by atoms with Crippen molar-refractivity contribution >= 4 is 34.7 Å². The summed E-state index contributed by atoms with van der Waals surface area (Å²) < 4.78 is 1.85. The van der Waals surface area contributed by atoms with Gasteiger partial charge in [-0.05, 0) is 12.1 Å². The van der Waals surface area contributed by atoms with Crippen LogP contribution >= 0.6 is 22.9 Å². The van der Waals surface area contributed by atoms with Crippen LogP contribution in [0.4, 0.5) is 5.95 Å². The zero-order valence-corrected chi connectivity index (χ0v) is 9.92. The number of nitrogens with two attached hydrogens (primary N) is 1. The fourth-order valence-electron chi connectivity index (χ4n) is 1.51. The van der Waals surface area contributed by atoms with E-state index in [2.05, 4.69) is 15.2 Å². The van der Waals surface area contributed by atoms with Gasteiger partial charge in [-0.25, -0.2) is 14.5 Å². The predicted molar refractivity (Wildman–Crippen MR) is 66.3 cm³/mol. The lowest BCUT2D eigenvalue weighted by atomic mass is 10.3. The lowest BCUT2D eigenvalue weighted by Crippen LogP contribution is -2.15. The van der Waals surface area contributed by atoms with Crippen molar-refractivity contribution in [2.24, 2.45) is 0 Å². The number of aromatic amines is 1. The molecule has 0 aliphatic carbocycles. The number of hydrogen-bond donors (Lipinski definition) is 2. The second-order valence-electron chi connectivity index (χ2n) is 3.32. The molecule has 0 radical (unpaired) electrons. The number of nitrogens with zero attached hydrogens (tertiary/aromatic N) is 3. The molecule has 0 saturated carbocycles. The van der Waals surface area contributed by atoms with Gasteiger partial charge in [0.25, 0.3) is 5.56 Å². The van der Waals surface area contributed by atoms with E-state index in [0.29, 0.717) is 15.8 Å². The summed E-state index contributed by atoms with van der Waals surface area (Å²) in [4.78, 5) is 16.9. The van der Waals surface area contributed by atoms with Crippen molar-refractivity contribution in [1.82, 2.24) is 19.6 Å². The number of anilines is 1. The Hall–Kier alpha value is -1.86. The van der Waals surface area contributed by atoms with E-state index in [4.69, 9.17) is 17.3 Å². The van der Waals surface area contributed by atoms with Crippen LogP contribution < -0.4 is 11.3 Å². The van der Waals surface area contributed by atoms with Crippen LogP contribution in [0, 0.1) is 0 Å². The molecule has 3 rings (SSSR count). The van der Waals surface area contributed by atoms with Crippen LogP contribution in [-0.2, 0) is 0 Å². The molecule has 0 unspecified atom stereocenters. The quantitative estimate of drug-likeness (QED) is 0.697. The Morgan fingerprint density at radius 3 is 3.00 bits per heavy atom. The molecule has 17 heavy (non-hydrogen) atoms. The summed E-state index contributed by atoms with van der Waals surface area (Å²) in [5.74, 6) is 0.405. The van der Waals surface area contributed by atoms with Gasteiger partial charge in [-0.15, -0.1) is 16.4 Å². The molecule has 3 N–H and O–H groups in total. The minimum absolute atomic E-state index is 0.0910. The number of hydrogen-bond acceptors (Lipinski definition) is 5. The summed E-state index contributed by atoms with van der Waals surface area (Å²) in [6.45, 7) is 0. The Balaban J connectivity index is 2.29. The summed E-state index contributed by atoms with van der Waals surface area (Å²) in [5.41, 5.74) is 5.81. The van der Waals surface area contributed by atoms with Crippen LogP contribution in [0.15, 0.2) is 23.0 Å². The van der Waals surface area contributed by atoms with E-state index in [9.17, 15) is 4.79 Å². The molecule has 3 aromatic heterocycles. The standard InChI is InChI=1S/C9H6ClN5OS/c10-6-2-1-5(17-6)4-3-7(16)15-8(11)13-14-9(15)12-4/h1-3H,(H2,11,13)(H,12,14). The Kier molecular flexibility index (Phi) is 2.17. The highest BCUT2D eigenvalue weighted by atomic mass is 35.5. The number of fused-ring (bicyclic) bond motifs is 1. The highest BCUT2D eigenvalue weighted by Crippen LogP contribution is 2.29. The summed E-state index contributed by atoms with van der Waals surface area (Å²) in [7, 11) is 0. The smallest absolute Gasteiger partial charge is 0.262 e. The van der Waals surface area contributed by atoms with Gasteiger partial charge in [0.1, 0.15) is 0 Å². The van der Waals surface area contributed by atoms with Crippen LogP contribution in [0.25, 0.3) is 16.3 Å². The van der Waals surface area contributed by atoms with Crippen LogP contribution in [-0.4, -0.2) is 19.6 Å². The van der Waals surface area contributed by atoms with Gasteiger partial charge in [-0.3, -0.25) is 4.79 Å². The third kappa shape index (κ3) is 1.60. The average molecular weight is 268 g/mol. The van der Waals surface area contributed by atoms with Crippen LogP contribution in [0.3, 0.4) is 0 Å². The first-order valence-electron chi connectivity index (χ1n) is 4.64. The molecule has 6 nitrogen and oxygen atoms in total. The Morgan fingerprint density at radius 2 is 2.29 bits per heavy atom. The topological polar surface area (TPSA) is 89.1 Å². The molecule has 86 valence electrons. The average Bonchev–Trinajstić information content (AvgIpc) is 2.86. The summed E-state index contributed by atoms with van der Waals surface area (Å²) in [5, 5.41) is 6.32. The van der Waals surface area contributed by atoms with E-state index in [1.807, 2.05) is 6.07 Å². The normalized spacial score (nSPS) is 11.1. The number of nitrogens with one attached hydrogen (secondary N) is 1. The molecule has 8 heteroatoms. The van der Waals surface area contributed by atoms with Crippen molar-refractivity contribution in [3.05, 3.63) is 32.9 Å². The summed E-state index contributed by atoms with van der Waals surface area (Å²) in [6.07, 6.45) is 0. The van der Waals surface area contributed by atoms with E-state index in [1.165, 1.54) is 21.8 Å². The van der Waals surface area contributed by atoms with Crippen LogP contribution in [0.1, 0.15) is 0 Å². The minimum Gasteiger partial charge on any atom is -0.368 e. The fraction of sp³-hybridized carbons (Fsp3) is 0. The van der Waals surface area contributed by atoms with Crippen LogP contribution in [0.5, 0.6) is 0 Å². The van der Waals surface area contributed by atoms with Crippen molar-refractivity contribution in [3.63, 3.8) is 0 Å². The molecule has 0 fully saturated rings. The zero-order chi connectivity index (χ0) is 12.0. The molecule has 0 aliphatic heterocycles. The number of thiophene rings is 1. The molecule has 0 bridgehead atoms. The Labute approximate surface area is 104 Å². The van der Waals surface area contributed by atoms with Crippen LogP contribution in [0.2, 0.25) is 4.34 Å².